The maximum atomic E-state index is 11.2. The second-order valence-corrected chi connectivity index (χ2v) is 3.33. The van der Waals surface area contributed by atoms with Gasteiger partial charge in [-0.3, -0.25) is 4.79 Å². The molecular formula is C8H16N2O5. The Kier molecular flexibility index (Phi) is 5.20. The molecule has 15 heavy (non-hydrogen) atoms. The van der Waals surface area contributed by atoms with Crippen LogP contribution in [0.3, 0.4) is 0 Å². The zero-order chi connectivity index (χ0) is 12.2. The molecule has 1 amide bonds. The molecule has 88 valence electrons. The maximum absolute atomic E-state index is 11.2. The van der Waals surface area contributed by atoms with Crippen LogP contribution in [0.15, 0.2) is 0 Å². The van der Waals surface area contributed by atoms with Crippen molar-refractivity contribution in [3.05, 3.63) is 0 Å². The molecule has 0 aliphatic rings. The van der Waals surface area contributed by atoms with E-state index in [0.717, 1.165) is 0 Å². The number of aliphatic carboxylic acids is 1. The van der Waals surface area contributed by atoms with E-state index in [-0.39, 0.29) is 0 Å². The first-order valence-electron chi connectivity index (χ1n) is 4.42. The smallest absolute Gasteiger partial charge is 0.328 e. The van der Waals surface area contributed by atoms with E-state index < -0.39 is 36.2 Å². The molecule has 4 atom stereocenters. The van der Waals surface area contributed by atoms with Crippen LogP contribution in [-0.2, 0) is 9.59 Å². The Morgan fingerprint density at radius 1 is 1.20 bits per heavy atom. The highest BCUT2D eigenvalue weighted by Crippen LogP contribution is 1.96. The first kappa shape index (κ1) is 13.8. The summed E-state index contributed by atoms with van der Waals surface area (Å²) in [6, 6.07) is -2.65. The van der Waals surface area contributed by atoms with Crippen molar-refractivity contribution in [1.82, 2.24) is 5.32 Å². The van der Waals surface area contributed by atoms with Crippen LogP contribution in [-0.4, -0.2) is 51.5 Å². The molecule has 0 aliphatic heterocycles. The predicted molar refractivity (Wildman–Crippen MR) is 50.9 cm³/mol. The number of nitrogens with two attached hydrogens (primary N) is 1. The van der Waals surface area contributed by atoms with Gasteiger partial charge in [-0.1, -0.05) is 0 Å². The molecule has 0 aromatic heterocycles. The molecule has 0 bridgehead atoms. The zero-order valence-electron chi connectivity index (χ0n) is 8.54. The lowest BCUT2D eigenvalue weighted by Gasteiger charge is -2.20. The Labute approximate surface area is 86.9 Å². The number of nitrogens with one attached hydrogen (secondary N) is 1. The molecule has 0 saturated carbocycles. The summed E-state index contributed by atoms with van der Waals surface area (Å²) in [6.45, 7) is 2.54. The van der Waals surface area contributed by atoms with Crippen LogP contribution in [0.4, 0.5) is 0 Å². The summed E-state index contributed by atoms with van der Waals surface area (Å²) >= 11 is 0. The van der Waals surface area contributed by atoms with Gasteiger partial charge in [0.1, 0.15) is 6.04 Å². The fourth-order valence-electron chi connectivity index (χ4n) is 0.857. The van der Waals surface area contributed by atoms with Gasteiger partial charge in [0.05, 0.1) is 12.2 Å². The third kappa shape index (κ3) is 4.24. The Morgan fingerprint density at radius 3 is 1.93 bits per heavy atom. The van der Waals surface area contributed by atoms with Gasteiger partial charge in [0.2, 0.25) is 5.91 Å². The molecule has 6 N–H and O–H groups in total. The van der Waals surface area contributed by atoms with Gasteiger partial charge in [0, 0.05) is 0 Å². The minimum Gasteiger partial charge on any atom is -0.480 e. The summed E-state index contributed by atoms with van der Waals surface area (Å²) in [5.74, 6) is -2.19. The average Bonchev–Trinajstić information content (AvgIpc) is 2.11. The number of amides is 1. The molecule has 0 unspecified atom stereocenters. The van der Waals surface area contributed by atoms with Crippen molar-refractivity contribution in [3.8, 4) is 0 Å². The largest absolute Gasteiger partial charge is 0.480 e. The number of hydrogen-bond acceptors (Lipinski definition) is 5. The highest BCUT2D eigenvalue weighted by Gasteiger charge is 2.28. The molecular weight excluding hydrogens is 204 g/mol. The van der Waals surface area contributed by atoms with Crippen LogP contribution in [0.5, 0.6) is 0 Å². The average molecular weight is 220 g/mol. The van der Waals surface area contributed by atoms with Crippen molar-refractivity contribution in [2.75, 3.05) is 0 Å². The van der Waals surface area contributed by atoms with E-state index >= 15 is 0 Å². The van der Waals surface area contributed by atoms with Crippen LogP contribution >= 0.6 is 0 Å². The topological polar surface area (TPSA) is 133 Å². The van der Waals surface area contributed by atoms with Crippen molar-refractivity contribution in [2.45, 2.75) is 38.1 Å². The summed E-state index contributed by atoms with van der Waals surface area (Å²) in [5, 5.41) is 28.7. The van der Waals surface area contributed by atoms with Crippen LogP contribution in [0, 0.1) is 0 Å². The second kappa shape index (κ2) is 5.64. The standard InChI is InChI=1S/C8H16N2O5/c1-3(11)5(9)7(13)10-6(4(2)12)8(14)15/h3-6,11-12H,9H2,1-2H3,(H,10,13)(H,14,15)/t3-,4-,5+,6+/m0/s1. The zero-order valence-corrected chi connectivity index (χ0v) is 8.54. The number of carbonyl (C=O) groups is 2. The number of carbonyl (C=O) groups excluding carboxylic acids is 1. The van der Waals surface area contributed by atoms with Gasteiger partial charge in [-0.15, -0.1) is 0 Å². The number of aliphatic hydroxyl groups is 2. The van der Waals surface area contributed by atoms with Gasteiger partial charge < -0.3 is 26.4 Å². The van der Waals surface area contributed by atoms with Crippen LogP contribution in [0.2, 0.25) is 0 Å². The van der Waals surface area contributed by atoms with Crippen molar-refractivity contribution >= 4 is 11.9 Å². The monoisotopic (exact) mass is 220 g/mol. The Morgan fingerprint density at radius 2 is 1.67 bits per heavy atom. The summed E-state index contributed by atoms with van der Waals surface area (Å²) in [5.41, 5.74) is 5.27. The first-order valence-corrected chi connectivity index (χ1v) is 4.42. The molecule has 0 fully saturated rings. The molecule has 0 aliphatic carbocycles. The molecule has 7 heteroatoms. The lowest BCUT2D eigenvalue weighted by atomic mass is 10.1. The highest BCUT2D eigenvalue weighted by molar-refractivity contribution is 5.87. The normalized spacial score (nSPS) is 18.7. The second-order valence-electron chi connectivity index (χ2n) is 3.33. The molecule has 0 radical (unpaired) electrons. The molecule has 0 spiro atoms. The van der Waals surface area contributed by atoms with Crippen molar-refractivity contribution in [2.24, 2.45) is 5.73 Å². The van der Waals surface area contributed by atoms with Crippen LogP contribution in [0.25, 0.3) is 0 Å². The quantitative estimate of drug-likeness (QED) is 0.352. The summed E-state index contributed by atoms with van der Waals surface area (Å²) in [7, 11) is 0. The van der Waals surface area contributed by atoms with Gasteiger partial charge >= 0.3 is 5.97 Å². The van der Waals surface area contributed by atoms with Crippen molar-refractivity contribution in [3.63, 3.8) is 0 Å². The Balaban J connectivity index is 4.43. The number of rotatable bonds is 5. The summed E-state index contributed by atoms with van der Waals surface area (Å²) in [6.07, 6.45) is -2.33. The summed E-state index contributed by atoms with van der Waals surface area (Å²) < 4.78 is 0. The third-order valence-corrected chi connectivity index (χ3v) is 1.87. The molecule has 0 aromatic carbocycles. The van der Waals surface area contributed by atoms with E-state index in [9.17, 15) is 9.59 Å². The van der Waals surface area contributed by atoms with E-state index in [0.29, 0.717) is 0 Å². The van der Waals surface area contributed by atoms with Gasteiger partial charge in [0.25, 0.3) is 0 Å². The first-order chi connectivity index (χ1) is 6.77. The van der Waals surface area contributed by atoms with Gasteiger partial charge in [-0.05, 0) is 13.8 Å². The number of aliphatic hydroxyl groups excluding tert-OH is 2. The molecule has 0 saturated heterocycles. The highest BCUT2D eigenvalue weighted by atomic mass is 16.4. The Hall–Kier alpha value is -1.18. The lowest BCUT2D eigenvalue weighted by molar-refractivity contribution is -0.145. The predicted octanol–water partition coefficient (Wildman–Crippen LogP) is -2.36. The van der Waals surface area contributed by atoms with Crippen molar-refractivity contribution < 1.29 is 24.9 Å². The van der Waals surface area contributed by atoms with Gasteiger partial charge in [-0.2, -0.15) is 0 Å². The number of hydrogen-bond donors (Lipinski definition) is 5. The molecule has 7 nitrogen and oxygen atoms in total. The van der Waals surface area contributed by atoms with Crippen LogP contribution < -0.4 is 11.1 Å². The lowest BCUT2D eigenvalue weighted by Crippen LogP contribution is -2.55. The third-order valence-electron chi connectivity index (χ3n) is 1.87. The van der Waals surface area contributed by atoms with E-state index in [1.54, 1.807) is 0 Å². The summed E-state index contributed by atoms with van der Waals surface area (Å²) in [4.78, 5) is 21.8. The minimum atomic E-state index is -1.43. The van der Waals surface area contributed by atoms with Crippen LogP contribution in [0.1, 0.15) is 13.8 Å². The molecule has 0 aromatic rings. The van der Waals surface area contributed by atoms with E-state index in [1.165, 1.54) is 13.8 Å². The number of carboxylic acid groups (broad SMARTS) is 1. The molecule has 0 rings (SSSR count). The fraction of sp³-hybridized carbons (Fsp3) is 0.750. The van der Waals surface area contributed by atoms with E-state index in [2.05, 4.69) is 0 Å². The molecule has 0 heterocycles. The SMILES string of the molecule is C[C@H](O)[C@@H](N)C(=O)N[C@@H](C(=O)O)[C@H](C)O. The van der Waals surface area contributed by atoms with E-state index in [1.807, 2.05) is 5.32 Å². The van der Waals surface area contributed by atoms with Gasteiger partial charge in [-0.25, -0.2) is 4.79 Å². The van der Waals surface area contributed by atoms with E-state index in [4.69, 9.17) is 21.1 Å². The van der Waals surface area contributed by atoms with Crippen molar-refractivity contribution in [1.29, 1.82) is 0 Å². The van der Waals surface area contributed by atoms with Gasteiger partial charge in [0.15, 0.2) is 6.04 Å². The Bertz CT molecular complexity index is 241. The number of carboxylic acids is 1. The maximum Gasteiger partial charge on any atom is 0.328 e. The fourth-order valence-corrected chi connectivity index (χ4v) is 0.857. The minimum absolute atomic E-state index is 0.821.